The van der Waals surface area contributed by atoms with Crippen molar-refractivity contribution in [3.05, 3.63) is 47.0 Å². The van der Waals surface area contributed by atoms with Crippen LogP contribution in [0.15, 0.2) is 41.5 Å². The van der Waals surface area contributed by atoms with Crippen molar-refractivity contribution in [1.29, 1.82) is 0 Å². The van der Waals surface area contributed by atoms with Crippen molar-refractivity contribution in [1.82, 2.24) is 0 Å². The summed E-state index contributed by atoms with van der Waals surface area (Å²) in [5.74, 6) is -3.18. The molecule has 7 unspecified atom stereocenters. The number of hydrogen-bond donors (Lipinski definition) is 4. The molecule has 0 aromatic heterocycles. The van der Waals surface area contributed by atoms with E-state index in [-0.39, 0.29) is 119 Å². The Balaban J connectivity index is 0.00000200. The quantitative estimate of drug-likeness (QED) is 0.259. The van der Waals surface area contributed by atoms with Crippen LogP contribution in [0.2, 0.25) is 0 Å². The SMILES string of the molecule is CC1=C2C(O)C(=O)[C@]3(C)C(F)CC4OC[C@@]4(O)C3C(OC(=O)c3ccccc3)C(O)(CC1O)C2(C)C.[Ac].[Ac]. The first-order valence-corrected chi connectivity index (χ1v) is 12.3. The molecule has 2 radical (unpaired) electrons. The van der Waals surface area contributed by atoms with Gasteiger partial charge in [-0.3, -0.25) is 4.79 Å². The van der Waals surface area contributed by atoms with Crippen LogP contribution in [0, 0.1) is 105 Å². The fourth-order valence-electron chi connectivity index (χ4n) is 7.23. The van der Waals surface area contributed by atoms with Gasteiger partial charge in [0.15, 0.2) is 5.78 Å². The Labute approximate surface area is 292 Å². The molecule has 202 valence electrons. The standard InChI is InChI=1S/C27H33FO8.2Ac/c1-13-15(29)11-27(34)22(36-23(32)14-8-6-5-7-9-14)20-25(4,16(28)10-17-26(20,33)12-35-17)21(31)19(30)18(13)24(27,2)3;;/h5-9,15-17,19-20,22,29-30,33-34H,10-12H2,1-4H3;;/t15?,16?,17?,19?,20?,22?,25-,26+,27?;;/m1../s1. The van der Waals surface area contributed by atoms with Gasteiger partial charge in [-0.15, -0.1) is 0 Å². The number of rotatable bonds is 2. The summed E-state index contributed by atoms with van der Waals surface area (Å²) in [6, 6.07) is 8.01. The maximum absolute atomic E-state index is 16.0. The first kappa shape index (κ1) is 33.2. The Morgan fingerprint density at radius 1 is 1.11 bits per heavy atom. The summed E-state index contributed by atoms with van der Waals surface area (Å²) in [6.07, 6.45) is -8.16. The van der Waals surface area contributed by atoms with Gasteiger partial charge in [-0.2, -0.15) is 0 Å². The first-order valence-electron chi connectivity index (χ1n) is 12.3. The molecule has 1 heterocycles. The van der Waals surface area contributed by atoms with Crippen LogP contribution in [0.1, 0.15) is 50.9 Å². The third-order valence-corrected chi connectivity index (χ3v) is 9.58. The average molecular weight is 959 g/mol. The second-order valence-corrected chi connectivity index (χ2v) is 11.6. The monoisotopic (exact) mass is 958 g/mol. The van der Waals surface area contributed by atoms with E-state index >= 15 is 4.39 Å². The Bertz CT molecular complexity index is 1150. The van der Waals surface area contributed by atoms with Gasteiger partial charge >= 0.3 is 5.97 Å². The number of hydrogen-bond acceptors (Lipinski definition) is 8. The van der Waals surface area contributed by atoms with E-state index in [4.69, 9.17) is 9.47 Å². The van der Waals surface area contributed by atoms with Crippen LogP contribution < -0.4 is 0 Å². The van der Waals surface area contributed by atoms with Crippen molar-refractivity contribution < 1.29 is 132 Å². The Kier molecular flexibility index (Phi) is 9.69. The number of benzene rings is 1. The molecule has 0 amide bonds. The second-order valence-electron chi connectivity index (χ2n) is 11.6. The van der Waals surface area contributed by atoms with Crippen LogP contribution in [0.3, 0.4) is 0 Å². The van der Waals surface area contributed by atoms with Crippen LogP contribution in [0.5, 0.6) is 0 Å². The third kappa shape index (κ3) is 4.44. The van der Waals surface area contributed by atoms with Gasteiger partial charge in [-0.25, -0.2) is 9.18 Å². The zero-order valence-electron chi connectivity index (χ0n) is 21.9. The van der Waals surface area contributed by atoms with Crippen LogP contribution in [0.4, 0.5) is 4.39 Å². The topological polar surface area (TPSA) is 134 Å². The summed E-state index contributed by atoms with van der Waals surface area (Å²) >= 11 is 0. The normalized spacial score (nSPS) is 43.1. The van der Waals surface area contributed by atoms with Gasteiger partial charge in [0.2, 0.25) is 0 Å². The second kappa shape index (κ2) is 11.1. The molecule has 1 aliphatic heterocycles. The number of esters is 1. The summed E-state index contributed by atoms with van der Waals surface area (Å²) in [7, 11) is 0. The first-order chi connectivity index (χ1) is 16.7. The third-order valence-electron chi connectivity index (χ3n) is 9.58. The van der Waals surface area contributed by atoms with E-state index in [9.17, 15) is 30.0 Å². The molecule has 5 rings (SSSR count). The van der Waals surface area contributed by atoms with Crippen LogP contribution >= 0.6 is 0 Å². The predicted octanol–water partition coefficient (Wildman–Crippen LogP) is 1.49. The van der Waals surface area contributed by atoms with Crippen molar-refractivity contribution in [2.45, 2.75) is 82.3 Å². The van der Waals surface area contributed by atoms with Gasteiger partial charge in [-0.05, 0) is 37.1 Å². The smallest absolute Gasteiger partial charge is 0.338 e. The number of fused-ring (bicyclic) bond motifs is 5. The van der Waals surface area contributed by atoms with Gasteiger partial charge < -0.3 is 29.9 Å². The van der Waals surface area contributed by atoms with E-state index in [1.54, 1.807) is 39.0 Å². The van der Waals surface area contributed by atoms with Crippen molar-refractivity contribution in [2.75, 3.05) is 6.61 Å². The number of aliphatic hydroxyl groups is 4. The maximum Gasteiger partial charge on any atom is 0.338 e. The molecule has 9 atom stereocenters. The Morgan fingerprint density at radius 3 is 2.26 bits per heavy atom. The molecule has 3 fully saturated rings. The van der Waals surface area contributed by atoms with Crippen molar-refractivity contribution in [3.63, 3.8) is 0 Å². The summed E-state index contributed by atoms with van der Waals surface area (Å²) in [6.45, 7) is 5.80. The molecule has 2 saturated carbocycles. The number of alkyl halides is 1. The minimum atomic E-state index is -2.08. The molecule has 38 heavy (non-hydrogen) atoms. The Morgan fingerprint density at radius 2 is 1.71 bits per heavy atom. The average Bonchev–Trinajstić information content (AvgIpc) is 2.83. The number of ketones is 1. The van der Waals surface area contributed by atoms with E-state index in [2.05, 4.69) is 0 Å². The van der Waals surface area contributed by atoms with E-state index in [0.717, 1.165) is 0 Å². The van der Waals surface area contributed by atoms with Gasteiger partial charge in [0.1, 0.15) is 29.6 Å². The predicted molar refractivity (Wildman–Crippen MR) is 125 cm³/mol. The molecule has 1 aromatic rings. The molecular formula is C27H33Ac2FO8. The number of aliphatic hydroxyl groups excluding tert-OH is 2. The molecule has 3 aliphatic carbocycles. The van der Waals surface area contributed by atoms with E-state index in [0.29, 0.717) is 5.57 Å². The summed E-state index contributed by atoms with van der Waals surface area (Å²) in [4.78, 5) is 27.3. The number of ether oxygens (including phenoxy) is 2. The largest absolute Gasteiger partial charge is 0.455 e. The number of carbonyl (C=O) groups is 2. The molecule has 11 heteroatoms. The van der Waals surface area contributed by atoms with Crippen molar-refractivity contribution in [2.24, 2.45) is 16.7 Å². The molecule has 8 nitrogen and oxygen atoms in total. The van der Waals surface area contributed by atoms with Gasteiger partial charge in [0.25, 0.3) is 0 Å². The van der Waals surface area contributed by atoms with Gasteiger partial charge in [0.05, 0.1) is 29.8 Å². The van der Waals surface area contributed by atoms with E-state index < -0.39 is 70.3 Å². The number of Topliss-reactive ketones (excluding diaryl/α,β-unsaturated/α-hetero) is 1. The minimum Gasteiger partial charge on any atom is -0.455 e. The van der Waals surface area contributed by atoms with Gasteiger partial charge in [0, 0.05) is 112 Å². The fourth-order valence-corrected chi connectivity index (χ4v) is 7.23. The zero-order valence-corrected chi connectivity index (χ0v) is 31.4. The molecule has 1 aromatic carbocycles. The van der Waals surface area contributed by atoms with E-state index in [1.807, 2.05) is 0 Å². The van der Waals surface area contributed by atoms with Crippen LogP contribution in [0.25, 0.3) is 0 Å². The zero-order chi connectivity index (χ0) is 26.4. The summed E-state index contributed by atoms with van der Waals surface area (Å²) < 4.78 is 27.4. The van der Waals surface area contributed by atoms with Crippen LogP contribution in [-0.4, -0.2) is 80.6 Å². The fraction of sp³-hybridized carbons (Fsp3) is 0.630. The molecule has 1 saturated heterocycles. The van der Waals surface area contributed by atoms with E-state index in [1.165, 1.54) is 19.1 Å². The number of halogens is 1. The van der Waals surface area contributed by atoms with Crippen molar-refractivity contribution in [3.8, 4) is 0 Å². The molecular weight excluding hydrogens is 925 g/mol. The minimum absolute atomic E-state index is 0. The summed E-state index contributed by atoms with van der Waals surface area (Å²) in [5, 5.41) is 46.5. The molecule has 2 bridgehead atoms. The molecule has 0 spiro atoms. The number of carbonyl (C=O) groups excluding carboxylic acids is 2. The summed E-state index contributed by atoms with van der Waals surface area (Å²) in [5.41, 5.74) is -6.76. The molecule has 4 aliphatic rings. The molecule has 4 N–H and O–H groups in total. The van der Waals surface area contributed by atoms with Crippen molar-refractivity contribution >= 4 is 11.8 Å². The van der Waals surface area contributed by atoms with Crippen LogP contribution in [-0.2, 0) is 14.3 Å². The maximum atomic E-state index is 16.0. The Hall–Kier alpha value is 0.713. The van der Waals surface area contributed by atoms with Gasteiger partial charge in [-0.1, -0.05) is 32.0 Å².